The number of hydrogen-bond donors (Lipinski definition) is 1. The summed E-state index contributed by atoms with van der Waals surface area (Å²) in [6.45, 7) is 5.49. The fourth-order valence-electron chi connectivity index (χ4n) is 7.63. The normalized spacial score (nSPS) is 13.5. The van der Waals surface area contributed by atoms with Crippen molar-refractivity contribution >= 4 is 19.8 Å². The molecule has 0 heterocycles. The van der Waals surface area contributed by atoms with Gasteiger partial charge in [0.1, 0.15) is 6.61 Å². The Morgan fingerprint density at radius 3 is 1.11 bits per heavy atom. The van der Waals surface area contributed by atoms with Gasteiger partial charge in [0.15, 0.2) is 6.10 Å². The van der Waals surface area contributed by atoms with E-state index in [-0.39, 0.29) is 32.0 Å². The van der Waals surface area contributed by atoms with E-state index in [1.54, 1.807) is 6.92 Å². The predicted octanol–water partition coefficient (Wildman–Crippen LogP) is 17.7. The van der Waals surface area contributed by atoms with E-state index in [1.165, 1.54) is 180 Å². The second-order valence-electron chi connectivity index (χ2n) is 17.9. The minimum atomic E-state index is -4.29. The zero-order chi connectivity index (χ0) is 46.7. The van der Waals surface area contributed by atoms with E-state index in [2.05, 4.69) is 62.5 Å². The minimum absolute atomic E-state index is 0.00114. The van der Waals surface area contributed by atoms with Crippen LogP contribution in [0.2, 0.25) is 0 Å². The highest BCUT2D eigenvalue weighted by atomic mass is 31.2. The van der Waals surface area contributed by atoms with E-state index in [0.29, 0.717) is 6.42 Å². The molecule has 0 spiro atoms. The molecule has 0 bridgehead atoms. The van der Waals surface area contributed by atoms with Gasteiger partial charge in [-0.05, 0) is 84.0 Å². The Morgan fingerprint density at radius 2 is 0.750 bits per heavy atom. The minimum Gasteiger partial charge on any atom is -0.462 e. The first-order valence-electron chi connectivity index (χ1n) is 26.9. The fraction of sp³-hybridized carbons (Fsp3) is 0.818. The van der Waals surface area contributed by atoms with Crippen LogP contribution in [0.5, 0.6) is 0 Å². The molecule has 0 aliphatic rings. The molecule has 9 heteroatoms. The van der Waals surface area contributed by atoms with Gasteiger partial charge >= 0.3 is 19.8 Å². The highest BCUT2D eigenvalue weighted by Crippen LogP contribution is 2.43. The fourth-order valence-corrected chi connectivity index (χ4v) is 8.39. The molecule has 2 atom stereocenters. The topological polar surface area (TPSA) is 108 Å². The summed E-state index contributed by atoms with van der Waals surface area (Å²) in [5.74, 6) is -0.797. The molecule has 0 aliphatic carbocycles. The number of rotatable bonds is 50. The summed E-state index contributed by atoms with van der Waals surface area (Å²) < 4.78 is 32.8. The molecule has 0 amide bonds. The number of unbranched alkanes of at least 4 members (excludes halogenated alkanes) is 30. The zero-order valence-electron chi connectivity index (χ0n) is 41.9. The van der Waals surface area contributed by atoms with E-state index in [9.17, 15) is 19.0 Å². The van der Waals surface area contributed by atoms with E-state index in [0.717, 1.165) is 44.9 Å². The standard InChI is InChI=1S/C55H101O8P/c1-4-7-9-11-13-15-17-19-21-23-25-27-28-30-32-34-36-38-40-42-44-46-48-50-55(57)63-53(52-62-64(58,59)61-6-3)51-60-54(56)49-47-45-43-41-39-37-35-33-31-29-26-24-22-20-18-16-14-12-10-8-5-2/h17-20,23-26,53H,4-16,21-22,27-52H2,1-3H3,(H,58,59)/b19-17-,20-18-,25-23-,26-24-. The number of ether oxygens (including phenoxy) is 2. The molecule has 0 aliphatic heterocycles. The molecule has 0 aromatic rings. The third-order valence-corrected chi connectivity index (χ3v) is 12.7. The molecule has 0 radical (unpaired) electrons. The third kappa shape index (κ3) is 49.4. The molecular weight excluding hydrogens is 820 g/mol. The summed E-state index contributed by atoms with van der Waals surface area (Å²) >= 11 is 0. The molecular formula is C55H101O8P. The number of phosphoric acid groups is 1. The molecule has 1 N–H and O–H groups in total. The van der Waals surface area contributed by atoms with Crippen LogP contribution in [0.3, 0.4) is 0 Å². The maximum atomic E-state index is 12.6. The zero-order valence-corrected chi connectivity index (χ0v) is 42.8. The van der Waals surface area contributed by atoms with Crippen LogP contribution in [-0.4, -0.2) is 42.8 Å². The molecule has 0 aromatic heterocycles. The van der Waals surface area contributed by atoms with Crippen LogP contribution in [0.4, 0.5) is 0 Å². The largest absolute Gasteiger partial charge is 0.472 e. The van der Waals surface area contributed by atoms with E-state index >= 15 is 0 Å². The first-order chi connectivity index (χ1) is 31.3. The maximum Gasteiger partial charge on any atom is 0.472 e. The van der Waals surface area contributed by atoms with Crippen molar-refractivity contribution in [2.45, 2.75) is 271 Å². The highest BCUT2D eigenvalue weighted by Gasteiger charge is 2.25. The number of phosphoric ester groups is 1. The molecule has 0 aromatic carbocycles. The highest BCUT2D eigenvalue weighted by molar-refractivity contribution is 7.47. The second kappa shape index (κ2) is 50.4. The van der Waals surface area contributed by atoms with E-state index in [4.69, 9.17) is 18.5 Å². The quantitative estimate of drug-likeness (QED) is 0.0278. The second-order valence-corrected chi connectivity index (χ2v) is 19.3. The predicted molar refractivity (Wildman–Crippen MR) is 272 cm³/mol. The van der Waals surface area contributed by atoms with Gasteiger partial charge < -0.3 is 14.4 Å². The van der Waals surface area contributed by atoms with Crippen LogP contribution in [0.1, 0.15) is 265 Å². The van der Waals surface area contributed by atoms with Gasteiger partial charge in [-0.15, -0.1) is 0 Å². The maximum absolute atomic E-state index is 12.6. The van der Waals surface area contributed by atoms with Gasteiger partial charge in [0.2, 0.25) is 0 Å². The van der Waals surface area contributed by atoms with Gasteiger partial charge in [0, 0.05) is 12.8 Å². The third-order valence-electron chi connectivity index (χ3n) is 11.6. The smallest absolute Gasteiger partial charge is 0.462 e. The van der Waals surface area contributed by atoms with Crippen molar-refractivity contribution in [2.75, 3.05) is 19.8 Å². The molecule has 0 saturated heterocycles. The van der Waals surface area contributed by atoms with Crippen LogP contribution >= 0.6 is 7.82 Å². The lowest BCUT2D eigenvalue weighted by Gasteiger charge is -2.19. The number of allylic oxidation sites excluding steroid dienone is 8. The van der Waals surface area contributed by atoms with E-state index in [1.807, 2.05) is 0 Å². The molecule has 8 nitrogen and oxygen atoms in total. The molecule has 374 valence electrons. The number of carbonyl (C=O) groups excluding carboxylic acids is 2. The van der Waals surface area contributed by atoms with Crippen LogP contribution < -0.4 is 0 Å². The molecule has 0 rings (SSSR count). The summed E-state index contributed by atoms with van der Waals surface area (Å²) in [7, 11) is -4.29. The lowest BCUT2D eigenvalue weighted by molar-refractivity contribution is -0.161. The number of hydrogen-bond acceptors (Lipinski definition) is 7. The Morgan fingerprint density at radius 1 is 0.422 bits per heavy atom. The molecule has 0 fully saturated rings. The number of esters is 2. The lowest BCUT2D eigenvalue weighted by Crippen LogP contribution is -2.29. The van der Waals surface area contributed by atoms with Gasteiger partial charge in [-0.3, -0.25) is 18.6 Å². The van der Waals surface area contributed by atoms with Gasteiger partial charge in [0.25, 0.3) is 0 Å². The Balaban J connectivity index is 3.96. The van der Waals surface area contributed by atoms with E-state index < -0.39 is 26.5 Å². The average molecular weight is 921 g/mol. The van der Waals surface area contributed by atoms with Gasteiger partial charge in [-0.2, -0.15) is 0 Å². The van der Waals surface area contributed by atoms with Gasteiger partial charge in [-0.25, -0.2) is 4.57 Å². The average Bonchev–Trinajstić information content (AvgIpc) is 3.28. The van der Waals surface area contributed by atoms with Crippen molar-refractivity contribution in [1.29, 1.82) is 0 Å². The molecule has 64 heavy (non-hydrogen) atoms. The van der Waals surface area contributed by atoms with Crippen LogP contribution in [0.15, 0.2) is 48.6 Å². The number of carbonyl (C=O) groups is 2. The summed E-state index contributed by atoms with van der Waals surface area (Å²) in [5, 5.41) is 0. The van der Waals surface area contributed by atoms with Crippen LogP contribution in [-0.2, 0) is 32.7 Å². The molecule has 0 saturated carbocycles. The molecule has 2 unspecified atom stereocenters. The first-order valence-corrected chi connectivity index (χ1v) is 28.4. The van der Waals surface area contributed by atoms with Gasteiger partial charge in [-0.1, -0.05) is 217 Å². The van der Waals surface area contributed by atoms with Crippen molar-refractivity contribution in [3.8, 4) is 0 Å². The lowest BCUT2D eigenvalue weighted by atomic mass is 10.0. The first kappa shape index (κ1) is 62.0. The summed E-state index contributed by atoms with van der Waals surface area (Å²) in [4.78, 5) is 35.0. The summed E-state index contributed by atoms with van der Waals surface area (Å²) in [6, 6.07) is 0. The Labute approximate surface area is 395 Å². The van der Waals surface area contributed by atoms with Crippen molar-refractivity contribution in [2.24, 2.45) is 0 Å². The van der Waals surface area contributed by atoms with Gasteiger partial charge in [0.05, 0.1) is 13.2 Å². The Kier molecular flexibility index (Phi) is 48.9. The van der Waals surface area contributed by atoms with Crippen molar-refractivity contribution in [3.63, 3.8) is 0 Å². The van der Waals surface area contributed by atoms with Crippen molar-refractivity contribution in [3.05, 3.63) is 48.6 Å². The van der Waals surface area contributed by atoms with Crippen molar-refractivity contribution in [1.82, 2.24) is 0 Å². The summed E-state index contributed by atoms with van der Waals surface area (Å²) in [5.41, 5.74) is 0. The van der Waals surface area contributed by atoms with Crippen molar-refractivity contribution < 1.29 is 37.6 Å². The van der Waals surface area contributed by atoms with Crippen LogP contribution in [0.25, 0.3) is 0 Å². The Hall–Kier alpha value is -1.99. The monoisotopic (exact) mass is 921 g/mol. The summed E-state index contributed by atoms with van der Waals surface area (Å²) in [6.07, 6.45) is 61.7. The van der Waals surface area contributed by atoms with Crippen LogP contribution in [0, 0.1) is 0 Å². The Bertz CT molecular complexity index is 1180. The SMILES string of the molecule is CCCCCCC/C=C\C/C=C\CCCCCCCCCCCCCC(=O)OC(COC(=O)CCCCCCCCCCC/C=C\C/C=C\CCCCCCC)COP(=O)(O)OCC.